The smallest absolute Gasteiger partial charge is 0.319 e. The standard InChI is InChI=1S/C54H61F2N9O6/c1-3-36-41(55)10-8-33-24-35(66)25-40(43(33)36)47-45(56)48-44-50(65-18-5-23-69-27-34(65)28-70-52(44)58-47)60-53(59-48)71-30-54(16-17-54)29-64-19-12-31(13-20-64)26-63-21-14-32(15-22-63)37-6-4-7-38-46(61-62(2)49(37)38)39-9-11-42(67)57-51(39)68/h4,6-8,10,24-25,31-32,34,39,66H,3,5,9,11-23,26-30H2,1-2H3,(H,57,67,68)/t34-,39?/m0/s1. The van der Waals surface area contributed by atoms with Crippen molar-refractivity contribution in [1.29, 1.82) is 0 Å². The van der Waals surface area contributed by atoms with Crippen LogP contribution in [0.1, 0.15) is 93.4 Å². The number of aryl methyl sites for hydroxylation is 2. The fraction of sp³-hybridized carbons (Fsp3) is 0.519. The van der Waals surface area contributed by atoms with Crippen LogP contribution in [-0.4, -0.2) is 130 Å². The summed E-state index contributed by atoms with van der Waals surface area (Å²) >= 11 is 0. The molecule has 3 aromatic heterocycles. The van der Waals surface area contributed by atoms with E-state index in [1.807, 2.05) is 18.7 Å². The number of benzene rings is 3. The Morgan fingerprint density at radius 2 is 1.75 bits per heavy atom. The highest BCUT2D eigenvalue weighted by Gasteiger charge is 2.46. The van der Waals surface area contributed by atoms with E-state index in [-0.39, 0.29) is 64.3 Å². The van der Waals surface area contributed by atoms with Gasteiger partial charge in [-0.05, 0) is 136 Å². The molecule has 2 N–H and O–H groups in total. The van der Waals surface area contributed by atoms with Gasteiger partial charge >= 0.3 is 6.01 Å². The van der Waals surface area contributed by atoms with E-state index in [0.29, 0.717) is 85.0 Å². The number of hydrogen-bond donors (Lipinski definition) is 2. The summed E-state index contributed by atoms with van der Waals surface area (Å²) in [5.74, 6) is -0.385. The van der Waals surface area contributed by atoms with Crippen molar-refractivity contribution >= 4 is 50.2 Å². The molecule has 4 saturated heterocycles. The number of pyridine rings is 1. The maximum atomic E-state index is 17.4. The van der Waals surface area contributed by atoms with Gasteiger partial charge in [0.15, 0.2) is 5.82 Å². The van der Waals surface area contributed by atoms with Crippen LogP contribution in [0.4, 0.5) is 14.6 Å². The van der Waals surface area contributed by atoms with Gasteiger partial charge in [-0.1, -0.05) is 31.2 Å². The molecule has 1 unspecified atom stereocenters. The van der Waals surface area contributed by atoms with Gasteiger partial charge in [-0.15, -0.1) is 0 Å². The lowest BCUT2D eigenvalue weighted by atomic mass is 9.86. The number of amides is 2. The number of rotatable bonds is 11. The number of ether oxygens (including phenoxy) is 3. The predicted molar refractivity (Wildman–Crippen MR) is 264 cm³/mol. The van der Waals surface area contributed by atoms with Crippen LogP contribution in [0.2, 0.25) is 0 Å². The predicted octanol–water partition coefficient (Wildman–Crippen LogP) is 7.54. The van der Waals surface area contributed by atoms with E-state index in [0.717, 1.165) is 101 Å². The van der Waals surface area contributed by atoms with Crippen LogP contribution in [0.3, 0.4) is 0 Å². The second-order valence-electron chi connectivity index (χ2n) is 21.0. The monoisotopic (exact) mass is 969 g/mol. The van der Waals surface area contributed by atoms with E-state index in [1.165, 1.54) is 17.7 Å². The van der Waals surface area contributed by atoms with Gasteiger partial charge in [0, 0.05) is 56.1 Å². The number of nitrogens with one attached hydrogen (secondary N) is 1. The number of para-hydroxylation sites is 1. The molecule has 15 nitrogen and oxygen atoms in total. The third kappa shape index (κ3) is 8.60. The molecule has 6 aromatic rings. The molecule has 2 amide bonds. The lowest BCUT2D eigenvalue weighted by Crippen LogP contribution is -2.43. The number of hydrogen-bond acceptors (Lipinski definition) is 13. The van der Waals surface area contributed by atoms with Crippen LogP contribution >= 0.6 is 0 Å². The van der Waals surface area contributed by atoms with E-state index < -0.39 is 17.6 Å². The molecule has 12 rings (SSSR count). The molecule has 17 heteroatoms. The van der Waals surface area contributed by atoms with Gasteiger partial charge in [0.05, 0.1) is 36.4 Å². The van der Waals surface area contributed by atoms with E-state index >= 15 is 8.78 Å². The molecule has 0 bridgehead atoms. The number of carbonyl (C=O) groups excluding carboxylic acids is 2. The number of halogens is 2. The molecule has 71 heavy (non-hydrogen) atoms. The Morgan fingerprint density at radius 3 is 2.54 bits per heavy atom. The minimum atomic E-state index is -0.721. The number of imide groups is 1. The molecule has 0 spiro atoms. The maximum absolute atomic E-state index is 17.4. The molecule has 1 saturated carbocycles. The fourth-order valence-electron chi connectivity index (χ4n) is 12.4. The third-order valence-electron chi connectivity index (χ3n) is 16.4. The zero-order valence-corrected chi connectivity index (χ0v) is 40.5. The summed E-state index contributed by atoms with van der Waals surface area (Å²) in [6, 6.07) is 12.2. The number of aromatic hydroxyl groups is 1. The first-order valence-electron chi connectivity index (χ1n) is 25.7. The Kier molecular flexibility index (Phi) is 12.0. The van der Waals surface area contributed by atoms with Crippen molar-refractivity contribution in [3.05, 3.63) is 70.9 Å². The molecule has 8 heterocycles. The van der Waals surface area contributed by atoms with Gasteiger partial charge in [0.1, 0.15) is 40.6 Å². The Bertz CT molecular complexity index is 3070. The first-order valence-corrected chi connectivity index (χ1v) is 25.7. The highest BCUT2D eigenvalue weighted by Crippen LogP contribution is 2.48. The normalized spacial score (nSPS) is 22.3. The zero-order chi connectivity index (χ0) is 48.5. The van der Waals surface area contributed by atoms with Crippen molar-refractivity contribution < 1.29 is 37.7 Å². The first-order chi connectivity index (χ1) is 34.5. The summed E-state index contributed by atoms with van der Waals surface area (Å²) in [5.41, 5.74) is 3.69. The summed E-state index contributed by atoms with van der Waals surface area (Å²) in [6.45, 7) is 10.3. The molecule has 3 aromatic carbocycles. The topological polar surface area (TPSA) is 160 Å². The Morgan fingerprint density at radius 1 is 0.930 bits per heavy atom. The van der Waals surface area contributed by atoms with Crippen LogP contribution < -0.4 is 19.7 Å². The van der Waals surface area contributed by atoms with E-state index in [4.69, 9.17) is 34.3 Å². The van der Waals surface area contributed by atoms with Crippen LogP contribution in [0, 0.1) is 23.0 Å². The number of fused-ring (bicyclic) bond motifs is 4. The first kappa shape index (κ1) is 46.1. The molecule has 2 atom stereocenters. The van der Waals surface area contributed by atoms with Gasteiger partial charge in [0.2, 0.25) is 17.7 Å². The lowest BCUT2D eigenvalue weighted by molar-refractivity contribution is -0.134. The SMILES string of the molecule is CCc1c(F)ccc2cc(O)cc(-c3nc4c5c(nc(OCC6(CN7CCC(CN8CCC(c9cccc%10c(C%11CCC(=O)NC%11=O)nn(C)c9%10)CC8)CC7)CC6)nc5c3F)N3CCCOC[C@H]3CO4)c12. The van der Waals surface area contributed by atoms with E-state index in [9.17, 15) is 14.7 Å². The van der Waals surface area contributed by atoms with Crippen LogP contribution in [0.25, 0.3) is 43.8 Å². The molecular weight excluding hydrogens is 909 g/mol. The number of aromatic nitrogens is 5. The quantitative estimate of drug-likeness (QED) is 0.123. The summed E-state index contributed by atoms with van der Waals surface area (Å²) in [6.07, 6.45) is 8.42. The molecule has 5 aliphatic heterocycles. The maximum Gasteiger partial charge on any atom is 0.319 e. The minimum Gasteiger partial charge on any atom is -0.508 e. The second-order valence-corrected chi connectivity index (χ2v) is 21.0. The van der Waals surface area contributed by atoms with Crippen LogP contribution in [0.5, 0.6) is 17.6 Å². The highest BCUT2D eigenvalue weighted by molar-refractivity contribution is 6.04. The highest BCUT2D eigenvalue weighted by atomic mass is 19.1. The Hall–Kier alpha value is -6.04. The Labute approximate surface area is 410 Å². The van der Waals surface area contributed by atoms with Crippen LogP contribution in [-0.2, 0) is 27.8 Å². The number of likely N-dealkylation sites (tertiary alicyclic amines) is 2. The number of anilines is 1. The van der Waals surface area contributed by atoms with E-state index in [2.05, 4.69) is 38.2 Å². The summed E-state index contributed by atoms with van der Waals surface area (Å²) in [4.78, 5) is 46.5. The lowest BCUT2D eigenvalue weighted by Gasteiger charge is -2.38. The molecule has 6 aliphatic rings. The molecule has 1 aliphatic carbocycles. The molecule has 372 valence electrons. The zero-order valence-electron chi connectivity index (χ0n) is 40.5. The summed E-state index contributed by atoms with van der Waals surface area (Å²) in [5, 5.41) is 20.6. The largest absolute Gasteiger partial charge is 0.508 e. The third-order valence-corrected chi connectivity index (χ3v) is 16.4. The van der Waals surface area contributed by atoms with Crippen molar-refractivity contribution in [1.82, 2.24) is 39.8 Å². The minimum absolute atomic E-state index is 0.00399. The van der Waals surface area contributed by atoms with Gasteiger partial charge in [-0.25, -0.2) is 13.8 Å². The number of piperidine rings is 3. The van der Waals surface area contributed by atoms with Crippen molar-refractivity contribution in [2.75, 3.05) is 77.1 Å². The summed E-state index contributed by atoms with van der Waals surface area (Å²) < 4.78 is 53.5. The van der Waals surface area contributed by atoms with Crippen molar-refractivity contribution in [3.8, 4) is 28.9 Å². The fourth-order valence-corrected chi connectivity index (χ4v) is 12.4. The van der Waals surface area contributed by atoms with Crippen molar-refractivity contribution in [2.45, 2.75) is 89.0 Å². The summed E-state index contributed by atoms with van der Waals surface area (Å²) in [7, 11) is 1.97. The molecule has 0 radical (unpaired) electrons. The van der Waals surface area contributed by atoms with Crippen molar-refractivity contribution in [2.24, 2.45) is 18.4 Å². The number of carbonyl (C=O) groups is 2. The van der Waals surface area contributed by atoms with Gasteiger partial charge in [-0.3, -0.25) is 19.6 Å². The number of phenolic OH excluding ortho intramolecular Hbond substituents is 1. The second kappa shape index (κ2) is 18.5. The van der Waals surface area contributed by atoms with Gasteiger partial charge in [0.25, 0.3) is 0 Å². The average molecular weight is 970 g/mol. The number of nitrogens with zero attached hydrogens (tertiary/aromatic N) is 8. The van der Waals surface area contributed by atoms with E-state index in [1.54, 1.807) is 12.1 Å². The van der Waals surface area contributed by atoms with Crippen LogP contribution in [0.15, 0.2) is 42.5 Å². The Balaban J connectivity index is 0.715. The van der Waals surface area contributed by atoms with Crippen molar-refractivity contribution in [3.63, 3.8) is 0 Å². The van der Waals surface area contributed by atoms with Gasteiger partial charge in [-0.2, -0.15) is 15.1 Å². The number of phenols is 1. The molecular formula is C54H61F2N9O6. The van der Waals surface area contributed by atoms with Gasteiger partial charge < -0.3 is 34.0 Å². The average Bonchev–Trinajstić information content (AvgIpc) is 4.13. The molecule has 5 fully saturated rings.